The van der Waals surface area contributed by atoms with Crippen LogP contribution in [-0.4, -0.2) is 22.7 Å². The van der Waals surface area contributed by atoms with E-state index in [4.69, 9.17) is 14.1 Å². The molecule has 1 heterocycles. The predicted molar refractivity (Wildman–Crippen MR) is 145 cm³/mol. The number of hydrogen-bond donors (Lipinski definition) is 1. The van der Waals surface area contributed by atoms with Crippen molar-refractivity contribution in [3.05, 3.63) is 94.9 Å². The molecule has 0 saturated heterocycles. The van der Waals surface area contributed by atoms with Crippen LogP contribution in [0.2, 0.25) is 0 Å². The summed E-state index contributed by atoms with van der Waals surface area (Å²) in [4.78, 5) is 16.7. The Morgan fingerprint density at radius 2 is 1.84 bits per heavy atom. The summed E-state index contributed by atoms with van der Waals surface area (Å²) < 4.78 is 12.3. The van der Waals surface area contributed by atoms with E-state index in [0.717, 1.165) is 52.3 Å². The zero-order valence-electron chi connectivity index (χ0n) is 21.7. The second-order valence-electron chi connectivity index (χ2n) is 9.90. The van der Waals surface area contributed by atoms with E-state index >= 15 is 0 Å². The number of aromatic nitrogens is 1. The summed E-state index contributed by atoms with van der Waals surface area (Å²) in [6, 6.07) is 22.6. The van der Waals surface area contributed by atoms with Gasteiger partial charge < -0.3 is 14.3 Å². The maximum absolute atomic E-state index is 11.9. The van der Waals surface area contributed by atoms with Crippen LogP contribution in [0.4, 0.5) is 0 Å². The van der Waals surface area contributed by atoms with Crippen molar-refractivity contribution in [3.63, 3.8) is 0 Å². The van der Waals surface area contributed by atoms with Gasteiger partial charge in [0.1, 0.15) is 11.5 Å². The molecule has 190 valence electrons. The summed E-state index contributed by atoms with van der Waals surface area (Å²) in [5.41, 5.74) is 7.46. The highest BCUT2D eigenvalue weighted by Gasteiger charge is 2.34. The molecular weight excluding hydrogens is 462 g/mol. The largest absolute Gasteiger partial charge is 0.493 e. The number of benzene rings is 3. The first-order valence-corrected chi connectivity index (χ1v) is 13.1. The lowest BCUT2D eigenvalue weighted by Crippen LogP contribution is -2.20. The average Bonchev–Trinajstić information content (AvgIpc) is 3.48. The maximum atomic E-state index is 11.9. The molecule has 0 fully saturated rings. The Morgan fingerprint density at radius 3 is 2.54 bits per heavy atom. The number of fused-ring (bicyclic) bond motifs is 1. The van der Waals surface area contributed by atoms with E-state index in [1.165, 1.54) is 11.1 Å². The monoisotopic (exact) mass is 495 g/mol. The summed E-state index contributed by atoms with van der Waals surface area (Å²) in [7, 11) is 0. The van der Waals surface area contributed by atoms with Crippen molar-refractivity contribution in [1.82, 2.24) is 4.98 Å². The van der Waals surface area contributed by atoms with Gasteiger partial charge in [-0.2, -0.15) is 0 Å². The summed E-state index contributed by atoms with van der Waals surface area (Å²) in [5.74, 6) is 1.21. The molecule has 0 aliphatic heterocycles. The van der Waals surface area contributed by atoms with Gasteiger partial charge >= 0.3 is 5.97 Å². The molecule has 1 aliphatic rings. The van der Waals surface area contributed by atoms with Gasteiger partial charge in [-0.15, -0.1) is 0 Å². The predicted octanol–water partition coefficient (Wildman–Crippen LogP) is 7.39. The fraction of sp³-hybridized carbons (Fsp3) is 0.312. The molecule has 1 aliphatic carbocycles. The lowest BCUT2D eigenvalue weighted by Gasteiger charge is -2.21. The minimum absolute atomic E-state index is 0.0323. The third-order valence-electron chi connectivity index (χ3n) is 7.48. The standard InChI is InChI=1S/C32H33NO4/c1-4-25(32(34)35)26-15-14-24-18-30(28(19-27(24)26)22-12-10-20(2)11-13-22)36-17-16-29-21(3)37-31(33-29)23-8-6-5-7-9-23/h5-13,18-19,25-26H,4,14-17H2,1-3H3,(H,34,35). The quantitative estimate of drug-likeness (QED) is 0.262. The van der Waals surface area contributed by atoms with Crippen LogP contribution in [0.1, 0.15) is 53.8 Å². The lowest BCUT2D eigenvalue weighted by atomic mass is 9.84. The molecule has 2 atom stereocenters. The van der Waals surface area contributed by atoms with Gasteiger partial charge in [0.05, 0.1) is 18.2 Å². The summed E-state index contributed by atoms with van der Waals surface area (Å²) >= 11 is 0. The fourth-order valence-corrected chi connectivity index (χ4v) is 5.42. The first-order chi connectivity index (χ1) is 17.9. The summed E-state index contributed by atoms with van der Waals surface area (Å²) in [6.45, 7) is 6.44. The molecule has 0 bridgehead atoms. The number of aryl methyl sites for hydroxylation is 3. The van der Waals surface area contributed by atoms with Crippen molar-refractivity contribution < 1.29 is 19.1 Å². The summed E-state index contributed by atoms with van der Waals surface area (Å²) in [5, 5.41) is 9.81. The molecule has 2 unspecified atom stereocenters. The van der Waals surface area contributed by atoms with Crippen LogP contribution < -0.4 is 4.74 Å². The minimum atomic E-state index is -0.713. The SMILES string of the molecule is CCC(C(=O)O)C1CCc2cc(OCCc3nc(-c4ccccc4)oc3C)c(-c3ccc(C)cc3)cc21. The van der Waals surface area contributed by atoms with Gasteiger partial charge in [-0.3, -0.25) is 4.79 Å². The zero-order chi connectivity index (χ0) is 25.9. The van der Waals surface area contributed by atoms with Crippen LogP contribution in [0.15, 0.2) is 71.1 Å². The number of hydrogen-bond acceptors (Lipinski definition) is 4. The van der Waals surface area contributed by atoms with Crippen molar-refractivity contribution in [3.8, 4) is 28.3 Å². The molecule has 3 aromatic carbocycles. The molecule has 1 aromatic heterocycles. The number of carboxylic acids is 1. The van der Waals surface area contributed by atoms with Gasteiger partial charge in [0.2, 0.25) is 5.89 Å². The number of carbonyl (C=O) groups is 1. The number of ether oxygens (including phenoxy) is 1. The van der Waals surface area contributed by atoms with Crippen LogP contribution in [0, 0.1) is 19.8 Å². The van der Waals surface area contributed by atoms with E-state index in [9.17, 15) is 9.90 Å². The Kier molecular flexibility index (Phi) is 7.13. The normalized spacial score (nSPS) is 15.4. The number of aliphatic carboxylic acids is 1. The van der Waals surface area contributed by atoms with Crippen molar-refractivity contribution in [2.24, 2.45) is 5.92 Å². The molecule has 5 nitrogen and oxygen atoms in total. The Balaban J connectivity index is 1.41. The average molecular weight is 496 g/mol. The van der Waals surface area contributed by atoms with Gasteiger partial charge in [-0.05, 0) is 80.0 Å². The number of nitrogens with zero attached hydrogens (tertiary/aromatic N) is 1. The smallest absolute Gasteiger partial charge is 0.307 e. The number of rotatable bonds is 9. The first kappa shape index (κ1) is 24.8. The van der Waals surface area contributed by atoms with Crippen LogP contribution in [0.5, 0.6) is 5.75 Å². The Bertz CT molecular complexity index is 1390. The number of carboxylic acid groups (broad SMARTS) is 1. The Hall–Kier alpha value is -3.86. The third kappa shape index (κ3) is 5.17. The minimum Gasteiger partial charge on any atom is -0.493 e. The zero-order valence-corrected chi connectivity index (χ0v) is 21.7. The molecule has 0 spiro atoms. The van der Waals surface area contributed by atoms with E-state index in [-0.39, 0.29) is 11.8 Å². The second-order valence-corrected chi connectivity index (χ2v) is 9.90. The lowest BCUT2D eigenvalue weighted by molar-refractivity contribution is -0.142. The molecule has 5 rings (SSSR count). The van der Waals surface area contributed by atoms with Gasteiger partial charge in [-0.1, -0.05) is 55.0 Å². The fourth-order valence-electron chi connectivity index (χ4n) is 5.42. The molecule has 37 heavy (non-hydrogen) atoms. The topological polar surface area (TPSA) is 72.6 Å². The molecule has 0 amide bonds. The Morgan fingerprint density at radius 1 is 1.08 bits per heavy atom. The molecule has 0 radical (unpaired) electrons. The van der Waals surface area contributed by atoms with Crippen molar-refractivity contribution in [1.29, 1.82) is 0 Å². The van der Waals surface area contributed by atoms with Crippen LogP contribution in [0.25, 0.3) is 22.6 Å². The highest BCUT2D eigenvalue weighted by Crippen LogP contribution is 2.45. The first-order valence-electron chi connectivity index (χ1n) is 13.1. The number of oxazole rings is 1. The van der Waals surface area contributed by atoms with E-state index in [2.05, 4.69) is 43.3 Å². The molecule has 4 aromatic rings. The van der Waals surface area contributed by atoms with Crippen molar-refractivity contribution >= 4 is 5.97 Å². The molecule has 0 saturated carbocycles. The van der Waals surface area contributed by atoms with Crippen LogP contribution in [0.3, 0.4) is 0 Å². The van der Waals surface area contributed by atoms with Crippen LogP contribution >= 0.6 is 0 Å². The second kappa shape index (κ2) is 10.6. The van der Waals surface area contributed by atoms with Crippen molar-refractivity contribution in [2.75, 3.05) is 6.61 Å². The molecule has 1 N–H and O–H groups in total. The Labute approximate surface area is 218 Å². The molecular formula is C32H33NO4. The maximum Gasteiger partial charge on any atom is 0.307 e. The van der Waals surface area contributed by atoms with Gasteiger partial charge in [-0.25, -0.2) is 4.98 Å². The van der Waals surface area contributed by atoms with Crippen molar-refractivity contribution in [2.45, 2.75) is 52.4 Å². The highest BCUT2D eigenvalue weighted by atomic mass is 16.5. The summed E-state index contributed by atoms with van der Waals surface area (Å²) in [6.07, 6.45) is 2.99. The van der Waals surface area contributed by atoms with Gasteiger partial charge in [0.25, 0.3) is 0 Å². The third-order valence-corrected chi connectivity index (χ3v) is 7.48. The van der Waals surface area contributed by atoms with Gasteiger partial charge in [0.15, 0.2) is 0 Å². The van der Waals surface area contributed by atoms with E-state index in [1.807, 2.05) is 44.2 Å². The highest BCUT2D eigenvalue weighted by molar-refractivity contribution is 5.75. The van der Waals surface area contributed by atoms with Crippen LogP contribution in [-0.2, 0) is 17.6 Å². The van der Waals surface area contributed by atoms with Gasteiger partial charge in [0, 0.05) is 17.5 Å². The van der Waals surface area contributed by atoms with E-state index in [1.54, 1.807) is 0 Å². The van der Waals surface area contributed by atoms with E-state index in [0.29, 0.717) is 25.3 Å². The van der Waals surface area contributed by atoms with E-state index < -0.39 is 5.97 Å². The molecule has 5 heteroatoms.